The van der Waals surface area contributed by atoms with Crippen LogP contribution in [-0.4, -0.2) is 10.1 Å². The molecule has 2 aromatic rings. The second kappa shape index (κ2) is 3.02. The van der Waals surface area contributed by atoms with E-state index in [1.165, 1.54) is 10.9 Å². The molecule has 1 aromatic carbocycles. The van der Waals surface area contributed by atoms with Crippen molar-refractivity contribution >= 4 is 17.0 Å². The highest BCUT2D eigenvalue weighted by Crippen LogP contribution is 2.26. The summed E-state index contributed by atoms with van der Waals surface area (Å²) in [6.45, 7) is 0. The molecule has 0 saturated heterocycles. The minimum absolute atomic E-state index is 0.412. The molecule has 0 atom stereocenters. The van der Waals surface area contributed by atoms with Crippen LogP contribution in [0, 0.1) is 0 Å². The molecule has 0 spiro atoms. The molecule has 2 nitrogen and oxygen atoms in total. The van der Waals surface area contributed by atoms with Gasteiger partial charge in [0, 0.05) is 23.0 Å². The van der Waals surface area contributed by atoms with Crippen molar-refractivity contribution in [3.63, 3.8) is 0 Å². The monoisotopic (exact) mass is 197 g/mol. The lowest BCUT2D eigenvalue weighted by molar-refractivity contribution is 0.399. The summed E-state index contributed by atoms with van der Waals surface area (Å²) < 4.78 is 0. The minimum atomic E-state index is 0.412. The highest BCUT2D eigenvalue weighted by atomic mass is 16.3. The van der Waals surface area contributed by atoms with Gasteiger partial charge in [-0.25, -0.2) is 0 Å². The summed E-state index contributed by atoms with van der Waals surface area (Å²) >= 11 is 0. The third kappa shape index (κ3) is 1.26. The predicted octanol–water partition coefficient (Wildman–Crippen LogP) is 3.18. The van der Waals surface area contributed by atoms with Crippen molar-refractivity contribution in [3.05, 3.63) is 53.4 Å². The van der Waals surface area contributed by atoms with E-state index in [0.717, 1.165) is 11.2 Å². The van der Waals surface area contributed by atoms with E-state index in [4.69, 9.17) is 0 Å². The highest BCUT2D eigenvalue weighted by molar-refractivity contribution is 5.87. The molecule has 0 fully saturated rings. The quantitative estimate of drug-likeness (QED) is 0.668. The second-order valence-corrected chi connectivity index (χ2v) is 3.76. The van der Waals surface area contributed by atoms with E-state index < -0.39 is 0 Å². The van der Waals surface area contributed by atoms with Gasteiger partial charge >= 0.3 is 0 Å². The summed E-state index contributed by atoms with van der Waals surface area (Å²) in [6, 6.07) is 8.17. The first-order chi connectivity index (χ1) is 7.34. The third-order valence-electron chi connectivity index (χ3n) is 2.76. The maximum absolute atomic E-state index is 9.61. The average molecular weight is 197 g/mol. The third-order valence-corrected chi connectivity index (χ3v) is 2.76. The fraction of sp³-hybridized carbons (Fsp3) is 0.0769. The van der Waals surface area contributed by atoms with E-state index in [-0.39, 0.29) is 0 Å². The van der Waals surface area contributed by atoms with Crippen LogP contribution in [0.15, 0.2) is 42.2 Å². The number of fused-ring (bicyclic) bond motifs is 3. The number of aliphatic hydroxyl groups is 1. The zero-order valence-corrected chi connectivity index (χ0v) is 8.20. The Kier molecular flexibility index (Phi) is 1.68. The molecular formula is C13H11NO. The fourth-order valence-corrected chi connectivity index (χ4v) is 2.05. The number of nitrogens with one attached hydrogen (secondary N) is 1. The molecule has 0 aliphatic heterocycles. The molecule has 1 aliphatic rings. The lowest BCUT2D eigenvalue weighted by Crippen LogP contribution is -1.88. The van der Waals surface area contributed by atoms with Gasteiger partial charge in [-0.2, -0.15) is 0 Å². The first kappa shape index (κ1) is 8.36. The summed E-state index contributed by atoms with van der Waals surface area (Å²) in [5.74, 6) is 0.412. The molecule has 2 heteroatoms. The van der Waals surface area contributed by atoms with Gasteiger partial charge in [0.05, 0.1) is 5.76 Å². The van der Waals surface area contributed by atoms with Crippen LogP contribution in [0.4, 0.5) is 0 Å². The zero-order valence-electron chi connectivity index (χ0n) is 8.20. The number of para-hydroxylation sites is 1. The minimum Gasteiger partial charge on any atom is -0.512 e. The Morgan fingerprint density at radius 3 is 3.00 bits per heavy atom. The van der Waals surface area contributed by atoms with E-state index in [1.807, 2.05) is 24.3 Å². The molecule has 0 unspecified atom stereocenters. The van der Waals surface area contributed by atoms with Crippen molar-refractivity contribution in [2.75, 3.05) is 0 Å². The Bertz CT molecular complexity index is 575. The van der Waals surface area contributed by atoms with Gasteiger partial charge in [0.2, 0.25) is 0 Å². The van der Waals surface area contributed by atoms with Crippen LogP contribution in [-0.2, 0) is 6.42 Å². The molecule has 0 radical (unpaired) electrons. The summed E-state index contributed by atoms with van der Waals surface area (Å²) in [6.07, 6.45) is 6.21. The van der Waals surface area contributed by atoms with Crippen molar-refractivity contribution < 1.29 is 5.11 Å². The fourth-order valence-electron chi connectivity index (χ4n) is 2.05. The largest absolute Gasteiger partial charge is 0.512 e. The number of H-pyrrole nitrogens is 1. The number of hydrogen-bond donors (Lipinski definition) is 2. The van der Waals surface area contributed by atoms with Crippen LogP contribution in [0.25, 0.3) is 17.0 Å². The molecule has 2 N–H and O–H groups in total. The summed E-state index contributed by atoms with van der Waals surface area (Å²) in [5.41, 5.74) is 3.39. The predicted molar refractivity (Wildman–Crippen MR) is 61.7 cm³/mol. The molecule has 0 bridgehead atoms. The summed E-state index contributed by atoms with van der Waals surface area (Å²) in [5, 5.41) is 10.8. The maximum Gasteiger partial charge on any atom is 0.0967 e. The molecule has 15 heavy (non-hydrogen) atoms. The van der Waals surface area contributed by atoms with Gasteiger partial charge in [-0.3, -0.25) is 0 Å². The Labute approximate surface area is 87.6 Å². The van der Waals surface area contributed by atoms with Gasteiger partial charge in [-0.05, 0) is 23.8 Å². The Balaban J connectivity index is 2.32. The van der Waals surface area contributed by atoms with E-state index in [0.29, 0.717) is 12.2 Å². The van der Waals surface area contributed by atoms with Gasteiger partial charge in [-0.15, -0.1) is 0 Å². The van der Waals surface area contributed by atoms with Crippen LogP contribution < -0.4 is 0 Å². The van der Waals surface area contributed by atoms with Crippen LogP contribution >= 0.6 is 0 Å². The van der Waals surface area contributed by atoms with Crippen molar-refractivity contribution in [2.45, 2.75) is 6.42 Å². The highest BCUT2D eigenvalue weighted by Gasteiger charge is 2.11. The first-order valence-electron chi connectivity index (χ1n) is 5.00. The number of rotatable bonds is 0. The van der Waals surface area contributed by atoms with Gasteiger partial charge in [0.15, 0.2) is 0 Å². The molecule has 74 valence electrons. The maximum atomic E-state index is 9.61. The van der Waals surface area contributed by atoms with Crippen LogP contribution in [0.5, 0.6) is 0 Å². The number of aliphatic hydroxyl groups excluding tert-OH is 1. The SMILES string of the molecule is OC1=CC=Cc2[nH]c3ccccc3c2C1. The Hall–Kier alpha value is -1.96. The molecule has 1 heterocycles. The van der Waals surface area contributed by atoms with Crippen molar-refractivity contribution in [2.24, 2.45) is 0 Å². The number of benzene rings is 1. The number of aromatic nitrogens is 1. The smallest absolute Gasteiger partial charge is 0.0967 e. The molecular weight excluding hydrogens is 186 g/mol. The van der Waals surface area contributed by atoms with Crippen LogP contribution in [0.2, 0.25) is 0 Å². The summed E-state index contributed by atoms with van der Waals surface area (Å²) in [7, 11) is 0. The van der Waals surface area contributed by atoms with Gasteiger partial charge in [0.25, 0.3) is 0 Å². The first-order valence-corrected chi connectivity index (χ1v) is 5.00. The van der Waals surface area contributed by atoms with E-state index >= 15 is 0 Å². The molecule has 0 saturated carbocycles. The van der Waals surface area contributed by atoms with Crippen molar-refractivity contribution in [3.8, 4) is 0 Å². The zero-order chi connectivity index (χ0) is 10.3. The lowest BCUT2D eigenvalue weighted by Gasteiger charge is -1.98. The summed E-state index contributed by atoms with van der Waals surface area (Å²) in [4.78, 5) is 3.35. The molecule has 3 rings (SSSR count). The number of hydrogen-bond acceptors (Lipinski definition) is 1. The van der Waals surface area contributed by atoms with E-state index in [2.05, 4.69) is 17.1 Å². The second-order valence-electron chi connectivity index (χ2n) is 3.76. The van der Waals surface area contributed by atoms with E-state index in [1.54, 1.807) is 6.08 Å². The Morgan fingerprint density at radius 2 is 2.07 bits per heavy atom. The van der Waals surface area contributed by atoms with Crippen molar-refractivity contribution in [1.29, 1.82) is 0 Å². The lowest BCUT2D eigenvalue weighted by atomic mass is 10.1. The number of allylic oxidation sites excluding steroid dienone is 3. The molecule has 1 aliphatic carbocycles. The van der Waals surface area contributed by atoms with Crippen LogP contribution in [0.3, 0.4) is 0 Å². The van der Waals surface area contributed by atoms with E-state index in [9.17, 15) is 5.11 Å². The topological polar surface area (TPSA) is 36.0 Å². The number of aromatic amines is 1. The normalized spacial score (nSPS) is 14.8. The van der Waals surface area contributed by atoms with Gasteiger partial charge in [-0.1, -0.05) is 24.3 Å². The van der Waals surface area contributed by atoms with Crippen molar-refractivity contribution in [1.82, 2.24) is 4.98 Å². The standard InChI is InChI=1S/C13H11NO/c15-9-4-3-7-13-11(8-9)10-5-1-2-6-12(10)14-13/h1-7,14-15H,8H2. The van der Waals surface area contributed by atoms with Gasteiger partial charge < -0.3 is 10.1 Å². The molecule has 1 aromatic heterocycles. The Morgan fingerprint density at radius 1 is 1.20 bits per heavy atom. The van der Waals surface area contributed by atoms with Gasteiger partial charge in [0.1, 0.15) is 0 Å². The van der Waals surface area contributed by atoms with Crippen LogP contribution in [0.1, 0.15) is 11.3 Å². The molecule has 0 amide bonds. The average Bonchev–Trinajstić information content (AvgIpc) is 2.47.